The molecule has 0 bridgehead atoms. The molecular weight excluding hydrogens is 110 g/mol. The highest BCUT2D eigenvalue weighted by Gasteiger charge is 1.99. The van der Waals surface area contributed by atoms with E-state index in [0.29, 0.717) is 0 Å². The average molecular weight is 121 g/mol. The maximum Gasteiger partial charge on any atom is 0.0608 e. The highest BCUT2D eigenvalue weighted by molar-refractivity contribution is 5.36. The third-order valence-corrected chi connectivity index (χ3v) is 1.57. The molecule has 48 valence electrons. The molecule has 1 heteroatoms. The van der Waals surface area contributed by atoms with Gasteiger partial charge in [-0.25, -0.2) is 0 Å². The minimum Gasteiger partial charge on any atom is -0.265 e. The van der Waals surface area contributed by atoms with Crippen molar-refractivity contribution in [2.45, 2.75) is 19.8 Å². The Hall–Kier alpha value is -0.850. The van der Waals surface area contributed by atoms with Gasteiger partial charge < -0.3 is 0 Å². The van der Waals surface area contributed by atoms with Crippen LogP contribution in [0.3, 0.4) is 0 Å². The third kappa shape index (κ3) is 1.28. The normalized spacial score (nSPS) is 18.3. The van der Waals surface area contributed by atoms with Gasteiger partial charge >= 0.3 is 0 Å². The first kappa shape index (κ1) is 6.27. The molecule has 1 aliphatic rings. The van der Waals surface area contributed by atoms with E-state index < -0.39 is 0 Å². The number of hydrogen-bond donors (Lipinski definition) is 0. The van der Waals surface area contributed by atoms with Crippen LogP contribution in [0.4, 0.5) is 0 Å². The van der Waals surface area contributed by atoms with E-state index in [2.05, 4.69) is 24.7 Å². The Kier molecular flexibility index (Phi) is 1.83. The summed E-state index contributed by atoms with van der Waals surface area (Å²) in [5.41, 5.74) is 2.41. The quantitative estimate of drug-likeness (QED) is 0.472. The molecular formula is C8H11N. The predicted octanol–water partition coefficient (Wildman–Crippen LogP) is 2.31. The van der Waals surface area contributed by atoms with Crippen LogP contribution in [0.2, 0.25) is 0 Å². The maximum atomic E-state index is 3.87. The molecule has 0 N–H and O–H groups in total. The molecule has 0 spiro atoms. The van der Waals surface area contributed by atoms with Gasteiger partial charge in [-0.15, -0.1) is 0 Å². The van der Waals surface area contributed by atoms with E-state index in [0.717, 1.165) is 18.5 Å². The molecule has 0 aromatic heterocycles. The molecule has 0 fully saturated rings. The minimum absolute atomic E-state index is 1.06. The molecule has 9 heavy (non-hydrogen) atoms. The Balaban J connectivity index is 2.84. The van der Waals surface area contributed by atoms with Crippen LogP contribution in [0.15, 0.2) is 28.4 Å². The van der Waals surface area contributed by atoms with Crippen LogP contribution in [0.5, 0.6) is 0 Å². The average Bonchev–Trinajstić information content (AvgIpc) is 1.89. The molecule has 1 aliphatic carbocycles. The van der Waals surface area contributed by atoms with Crippen LogP contribution in [0.25, 0.3) is 0 Å². The van der Waals surface area contributed by atoms with Crippen LogP contribution in [-0.4, -0.2) is 6.72 Å². The third-order valence-electron chi connectivity index (χ3n) is 1.57. The number of nitrogens with zero attached hydrogens (tertiary/aromatic N) is 1. The molecule has 1 rings (SSSR count). The van der Waals surface area contributed by atoms with Crippen LogP contribution in [0, 0.1) is 0 Å². The van der Waals surface area contributed by atoms with E-state index in [9.17, 15) is 0 Å². The largest absolute Gasteiger partial charge is 0.265 e. The van der Waals surface area contributed by atoms with Gasteiger partial charge in [-0.3, -0.25) is 4.99 Å². The van der Waals surface area contributed by atoms with Crippen LogP contribution < -0.4 is 0 Å². The Morgan fingerprint density at radius 1 is 1.67 bits per heavy atom. The highest BCUT2D eigenvalue weighted by Crippen LogP contribution is 2.17. The summed E-state index contributed by atoms with van der Waals surface area (Å²) in [6, 6.07) is 0. The second kappa shape index (κ2) is 2.62. The predicted molar refractivity (Wildman–Crippen MR) is 40.6 cm³/mol. The van der Waals surface area contributed by atoms with Gasteiger partial charge in [0.05, 0.1) is 5.70 Å². The fourth-order valence-corrected chi connectivity index (χ4v) is 0.953. The van der Waals surface area contributed by atoms with Crippen LogP contribution >= 0.6 is 0 Å². The van der Waals surface area contributed by atoms with Crippen molar-refractivity contribution < 1.29 is 0 Å². The zero-order valence-electron chi connectivity index (χ0n) is 5.72. The molecule has 0 aromatic rings. The molecule has 0 radical (unpaired) electrons. The molecule has 0 aliphatic heterocycles. The summed E-state index contributed by atoms with van der Waals surface area (Å²) in [7, 11) is 0. The SMILES string of the molecule is C=NC1=C(C)CCC=C1. The van der Waals surface area contributed by atoms with Gasteiger partial charge in [-0.2, -0.15) is 0 Å². The van der Waals surface area contributed by atoms with Gasteiger partial charge in [0.1, 0.15) is 0 Å². The molecule has 0 unspecified atom stereocenters. The number of allylic oxidation sites excluding steroid dienone is 3. The standard InChI is InChI=1S/C8H11N/c1-7-5-3-4-6-8(7)9-2/h4,6H,2-3,5H2,1H3. The van der Waals surface area contributed by atoms with Crippen LogP contribution in [0.1, 0.15) is 19.8 Å². The molecule has 0 atom stereocenters. The van der Waals surface area contributed by atoms with E-state index in [-0.39, 0.29) is 0 Å². The summed E-state index contributed by atoms with van der Waals surface area (Å²) >= 11 is 0. The lowest BCUT2D eigenvalue weighted by molar-refractivity contribution is 0.935. The molecule has 0 aromatic carbocycles. The van der Waals surface area contributed by atoms with Crippen molar-refractivity contribution in [3.8, 4) is 0 Å². The van der Waals surface area contributed by atoms with Gasteiger partial charge in [-0.1, -0.05) is 6.08 Å². The van der Waals surface area contributed by atoms with E-state index in [4.69, 9.17) is 0 Å². The van der Waals surface area contributed by atoms with Gasteiger partial charge in [-0.05, 0) is 38.1 Å². The highest BCUT2D eigenvalue weighted by atomic mass is 14.7. The van der Waals surface area contributed by atoms with Crippen molar-refractivity contribution in [3.63, 3.8) is 0 Å². The van der Waals surface area contributed by atoms with E-state index >= 15 is 0 Å². The Labute approximate surface area is 55.8 Å². The van der Waals surface area contributed by atoms with Crippen molar-refractivity contribution in [1.29, 1.82) is 0 Å². The van der Waals surface area contributed by atoms with Gasteiger partial charge in [0.2, 0.25) is 0 Å². The Morgan fingerprint density at radius 3 is 2.89 bits per heavy atom. The summed E-state index contributed by atoms with van der Waals surface area (Å²) in [6.07, 6.45) is 6.47. The summed E-state index contributed by atoms with van der Waals surface area (Å²) in [4.78, 5) is 3.87. The smallest absolute Gasteiger partial charge is 0.0608 e. The first-order chi connectivity index (χ1) is 4.34. The number of hydrogen-bond acceptors (Lipinski definition) is 1. The van der Waals surface area contributed by atoms with Crippen LogP contribution in [-0.2, 0) is 0 Å². The van der Waals surface area contributed by atoms with E-state index in [1.54, 1.807) is 0 Å². The van der Waals surface area contributed by atoms with Crippen molar-refractivity contribution >= 4 is 6.72 Å². The summed E-state index contributed by atoms with van der Waals surface area (Å²) < 4.78 is 0. The molecule has 1 nitrogen and oxygen atoms in total. The van der Waals surface area contributed by atoms with Crippen molar-refractivity contribution in [2.75, 3.05) is 0 Å². The fourth-order valence-electron chi connectivity index (χ4n) is 0.953. The summed E-state index contributed by atoms with van der Waals surface area (Å²) in [5.74, 6) is 0. The van der Waals surface area contributed by atoms with E-state index in [1.165, 1.54) is 5.57 Å². The number of rotatable bonds is 1. The van der Waals surface area contributed by atoms with Crippen molar-refractivity contribution in [1.82, 2.24) is 0 Å². The maximum absolute atomic E-state index is 3.87. The molecule has 0 amide bonds. The first-order valence-electron chi connectivity index (χ1n) is 3.17. The fraction of sp³-hybridized carbons (Fsp3) is 0.375. The van der Waals surface area contributed by atoms with Gasteiger partial charge in [0.15, 0.2) is 0 Å². The van der Waals surface area contributed by atoms with Crippen molar-refractivity contribution in [3.05, 3.63) is 23.4 Å². The number of aliphatic imine (C=N–C) groups is 1. The second-order valence-electron chi connectivity index (χ2n) is 2.26. The van der Waals surface area contributed by atoms with Gasteiger partial charge in [0, 0.05) is 0 Å². The zero-order chi connectivity index (χ0) is 6.69. The second-order valence-corrected chi connectivity index (χ2v) is 2.26. The lowest BCUT2D eigenvalue weighted by atomic mass is 10.0. The minimum atomic E-state index is 1.06. The van der Waals surface area contributed by atoms with Crippen molar-refractivity contribution in [2.24, 2.45) is 4.99 Å². The summed E-state index contributed by atoms with van der Waals surface area (Å²) in [5, 5.41) is 0. The molecule has 0 heterocycles. The zero-order valence-corrected chi connectivity index (χ0v) is 5.72. The lowest BCUT2D eigenvalue weighted by Gasteiger charge is -2.06. The van der Waals surface area contributed by atoms with Gasteiger partial charge in [0.25, 0.3) is 0 Å². The monoisotopic (exact) mass is 121 g/mol. The first-order valence-corrected chi connectivity index (χ1v) is 3.17. The molecule has 0 saturated heterocycles. The lowest BCUT2D eigenvalue weighted by Crippen LogP contribution is -1.87. The topological polar surface area (TPSA) is 12.4 Å². The summed E-state index contributed by atoms with van der Waals surface area (Å²) in [6.45, 7) is 5.58. The Morgan fingerprint density at radius 2 is 2.44 bits per heavy atom. The molecule has 0 saturated carbocycles. The van der Waals surface area contributed by atoms with E-state index in [1.807, 2.05) is 6.08 Å². The Bertz CT molecular complexity index is 175.